The Balaban J connectivity index is 1.69. The summed E-state index contributed by atoms with van der Waals surface area (Å²) in [6, 6.07) is 16.9. The molecule has 2 aromatic carbocycles. The molecule has 0 bridgehead atoms. The number of aliphatic hydroxyl groups is 1. The van der Waals surface area contributed by atoms with Crippen molar-refractivity contribution in [3.63, 3.8) is 0 Å². The molecule has 6 heteroatoms. The average molecular weight is 406 g/mol. The molecular formula is C24H26N2O4. The first kappa shape index (κ1) is 20.4. The minimum atomic E-state index is -0.603. The second kappa shape index (κ2) is 8.86. The highest BCUT2D eigenvalue weighted by Gasteiger charge is 2.53. The summed E-state index contributed by atoms with van der Waals surface area (Å²) in [6.07, 6.45) is 1.32. The van der Waals surface area contributed by atoms with Gasteiger partial charge in [-0.1, -0.05) is 42.5 Å². The summed E-state index contributed by atoms with van der Waals surface area (Å²) < 4.78 is 10.9. The van der Waals surface area contributed by atoms with Crippen molar-refractivity contribution in [2.45, 2.75) is 30.8 Å². The summed E-state index contributed by atoms with van der Waals surface area (Å²) in [5.74, 6) is 0.294. The molecule has 2 aromatic rings. The van der Waals surface area contributed by atoms with Crippen molar-refractivity contribution in [1.82, 2.24) is 4.90 Å². The molecule has 2 aliphatic rings. The molecule has 0 saturated carbocycles. The van der Waals surface area contributed by atoms with Crippen LogP contribution in [-0.4, -0.2) is 54.9 Å². The van der Waals surface area contributed by atoms with Gasteiger partial charge in [0.2, 0.25) is 5.91 Å². The highest BCUT2D eigenvalue weighted by atomic mass is 16.5. The Bertz CT molecular complexity index is 948. The van der Waals surface area contributed by atoms with Crippen molar-refractivity contribution in [1.29, 1.82) is 5.26 Å². The van der Waals surface area contributed by atoms with Crippen LogP contribution < -0.4 is 4.74 Å². The van der Waals surface area contributed by atoms with Gasteiger partial charge in [-0.2, -0.15) is 5.26 Å². The summed E-state index contributed by atoms with van der Waals surface area (Å²) in [5.41, 5.74) is 2.83. The Morgan fingerprint density at radius 2 is 1.83 bits per heavy atom. The number of carbonyl (C=O) groups is 1. The van der Waals surface area contributed by atoms with Gasteiger partial charge in [0.15, 0.2) is 0 Å². The maximum atomic E-state index is 13.1. The van der Waals surface area contributed by atoms with Crippen molar-refractivity contribution in [3.05, 3.63) is 54.1 Å². The Morgan fingerprint density at radius 1 is 1.17 bits per heavy atom. The van der Waals surface area contributed by atoms with E-state index in [-0.39, 0.29) is 24.3 Å². The second-order valence-electron chi connectivity index (χ2n) is 7.77. The van der Waals surface area contributed by atoms with Crippen molar-refractivity contribution in [2.75, 3.05) is 26.9 Å². The molecule has 3 atom stereocenters. The van der Waals surface area contributed by atoms with Crippen LogP contribution in [0.25, 0.3) is 11.1 Å². The largest absolute Gasteiger partial charge is 0.496 e. The quantitative estimate of drug-likeness (QED) is 0.825. The van der Waals surface area contributed by atoms with E-state index in [0.717, 1.165) is 22.4 Å². The van der Waals surface area contributed by atoms with E-state index in [2.05, 4.69) is 6.07 Å². The first-order valence-electron chi connectivity index (χ1n) is 10.3. The number of nitrogens with zero attached hydrogens (tertiary/aromatic N) is 2. The van der Waals surface area contributed by atoms with Gasteiger partial charge in [-0.25, -0.2) is 0 Å². The van der Waals surface area contributed by atoms with Crippen LogP contribution in [-0.2, 0) is 9.53 Å². The van der Waals surface area contributed by atoms with Crippen LogP contribution in [0.5, 0.6) is 5.75 Å². The lowest BCUT2D eigenvalue weighted by Crippen LogP contribution is -2.66. The molecule has 0 aliphatic carbocycles. The summed E-state index contributed by atoms with van der Waals surface area (Å²) in [6.45, 7) is 0.939. The molecule has 2 fully saturated rings. The third-order valence-electron chi connectivity index (χ3n) is 6.27. The third kappa shape index (κ3) is 3.45. The SMILES string of the molecule is COc1ccccc1-c1ccccc1[C@H]1[C@@H](CO)N(C(=O)C2CCOCC2)[C@H]1C#N. The molecule has 1 N–H and O–H groups in total. The number of nitriles is 1. The predicted molar refractivity (Wildman–Crippen MR) is 112 cm³/mol. The zero-order chi connectivity index (χ0) is 21.1. The highest BCUT2D eigenvalue weighted by Crippen LogP contribution is 2.46. The monoisotopic (exact) mass is 406 g/mol. The maximum Gasteiger partial charge on any atom is 0.227 e. The number of ether oxygens (including phenoxy) is 2. The minimum absolute atomic E-state index is 0.0464. The Hall–Kier alpha value is -2.88. The summed E-state index contributed by atoms with van der Waals surface area (Å²) in [4.78, 5) is 14.7. The van der Waals surface area contributed by atoms with E-state index in [1.165, 1.54) is 0 Å². The molecule has 2 aliphatic heterocycles. The van der Waals surface area contributed by atoms with Gasteiger partial charge in [0.1, 0.15) is 11.8 Å². The standard InChI is InChI=1S/C24H26N2O4/c1-29-22-9-5-4-7-18(22)17-6-2-3-8-19(17)23-20(14-25)26(21(23)15-27)24(28)16-10-12-30-13-11-16/h2-9,16,20-21,23,27H,10-13,15H2,1H3/t20-,21+,23+/m0/s1. The minimum Gasteiger partial charge on any atom is -0.496 e. The molecule has 156 valence electrons. The molecule has 0 spiro atoms. The Labute approximate surface area is 176 Å². The number of methoxy groups -OCH3 is 1. The second-order valence-corrected chi connectivity index (χ2v) is 7.77. The molecule has 0 aromatic heterocycles. The number of hydrogen-bond donors (Lipinski definition) is 1. The fraction of sp³-hybridized carbons (Fsp3) is 0.417. The summed E-state index contributed by atoms with van der Waals surface area (Å²) in [5, 5.41) is 20.1. The van der Waals surface area contributed by atoms with E-state index in [1.54, 1.807) is 12.0 Å². The zero-order valence-corrected chi connectivity index (χ0v) is 17.0. The van der Waals surface area contributed by atoms with Crippen molar-refractivity contribution < 1.29 is 19.4 Å². The molecule has 6 nitrogen and oxygen atoms in total. The number of aliphatic hydroxyl groups excluding tert-OH is 1. The first-order valence-corrected chi connectivity index (χ1v) is 10.3. The number of hydrogen-bond acceptors (Lipinski definition) is 5. The van der Waals surface area contributed by atoms with E-state index in [9.17, 15) is 15.2 Å². The van der Waals surface area contributed by atoms with E-state index >= 15 is 0 Å². The van der Waals surface area contributed by atoms with Crippen molar-refractivity contribution in [3.8, 4) is 22.9 Å². The maximum absolute atomic E-state index is 13.1. The number of likely N-dealkylation sites (tertiary alicyclic amines) is 1. The predicted octanol–water partition coefficient (Wildman–Crippen LogP) is 2.97. The van der Waals surface area contributed by atoms with Crippen LogP contribution >= 0.6 is 0 Å². The molecule has 1 amide bonds. The number of para-hydroxylation sites is 1. The summed E-state index contributed by atoms with van der Waals surface area (Å²) >= 11 is 0. The number of carbonyl (C=O) groups excluding carboxylic acids is 1. The van der Waals surface area contributed by atoms with Crippen molar-refractivity contribution >= 4 is 5.91 Å². The van der Waals surface area contributed by atoms with Gasteiger partial charge in [-0.05, 0) is 30.0 Å². The highest BCUT2D eigenvalue weighted by molar-refractivity contribution is 5.82. The van der Waals surface area contributed by atoms with Crippen molar-refractivity contribution in [2.24, 2.45) is 5.92 Å². The lowest BCUT2D eigenvalue weighted by molar-refractivity contribution is -0.154. The molecule has 2 heterocycles. The zero-order valence-electron chi connectivity index (χ0n) is 17.0. The molecule has 0 unspecified atom stereocenters. The van der Waals surface area contributed by atoms with Crippen LogP contribution in [0, 0.1) is 17.2 Å². The van der Waals surface area contributed by atoms with Gasteiger partial charge in [0.25, 0.3) is 0 Å². The van der Waals surface area contributed by atoms with Gasteiger partial charge < -0.3 is 19.5 Å². The van der Waals surface area contributed by atoms with Gasteiger partial charge in [0, 0.05) is 30.6 Å². The van der Waals surface area contributed by atoms with Gasteiger partial charge >= 0.3 is 0 Å². The molecule has 4 rings (SSSR count). The fourth-order valence-electron chi connectivity index (χ4n) is 4.74. The number of amides is 1. The normalized spacial score (nSPS) is 24.0. The first-order chi connectivity index (χ1) is 14.7. The van der Waals surface area contributed by atoms with Gasteiger partial charge in [-0.3, -0.25) is 4.79 Å². The van der Waals surface area contributed by atoms with Gasteiger partial charge in [-0.15, -0.1) is 0 Å². The summed E-state index contributed by atoms with van der Waals surface area (Å²) in [7, 11) is 1.63. The van der Waals surface area contributed by atoms with Gasteiger partial charge in [0.05, 0.1) is 25.8 Å². The van der Waals surface area contributed by atoms with Crippen LogP contribution in [0.1, 0.15) is 24.3 Å². The number of rotatable bonds is 5. The van der Waals surface area contributed by atoms with E-state index < -0.39 is 12.1 Å². The van der Waals surface area contributed by atoms with Crippen LogP contribution in [0.3, 0.4) is 0 Å². The van der Waals surface area contributed by atoms with Crippen LogP contribution in [0.15, 0.2) is 48.5 Å². The van der Waals surface area contributed by atoms with E-state index in [0.29, 0.717) is 26.1 Å². The lowest BCUT2D eigenvalue weighted by Gasteiger charge is -2.53. The van der Waals surface area contributed by atoms with E-state index in [4.69, 9.17) is 9.47 Å². The van der Waals surface area contributed by atoms with E-state index in [1.807, 2.05) is 48.5 Å². The van der Waals surface area contributed by atoms with Crippen LogP contribution in [0.2, 0.25) is 0 Å². The molecular weight excluding hydrogens is 380 g/mol. The lowest BCUT2D eigenvalue weighted by atomic mass is 9.72. The molecule has 2 saturated heterocycles. The average Bonchev–Trinajstić information content (AvgIpc) is 2.80. The topological polar surface area (TPSA) is 82.8 Å². The third-order valence-corrected chi connectivity index (χ3v) is 6.27. The molecule has 30 heavy (non-hydrogen) atoms. The fourth-order valence-corrected chi connectivity index (χ4v) is 4.74. The Kier molecular flexibility index (Phi) is 6.03. The Morgan fingerprint density at radius 3 is 2.50 bits per heavy atom. The number of benzene rings is 2. The van der Waals surface area contributed by atoms with Crippen LogP contribution in [0.4, 0.5) is 0 Å². The smallest absolute Gasteiger partial charge is 0.227 e. The molecule has 0 radical (unpaired) electrons.